The lowest BCUT2D eigenvalue weighted by atomic mass is 10.1. The molecule has 1 N–H and O–H groups in total. The number of hydrogen-bond acceptors (Lipinski definition) is 6. The number of carbonyl (C=O) groups excluding carboxylic acids is 2. The van der Waals surface area contributed by atoms with Crippen LogP contribution in [0, 0.1) is 0 Å². The van der Waals surface area contributed by atoms with E-state index in [0.717, 1.165) is 11.3 Å². The van der Waals surface area contributed by atoms with Crippen molar-refractivity contribution in [3.8, 4) is 0 Å². The van der Waals surface area contributed by atoms with Crippen molar-refractivity contribution in [2.45, 2.75) is 38.5 Å². The van der Waals surface area contributed by atoms with E-state index < -0.39 is 18.1 Å². The Balaban J connectivity index is 1.96. The van der Waals surface area contributed by atoms with Gasteiger partial charge in [0.25, 0.3) is 0 Å². The number of carbonyl (C=O) groups is 2. The molecule has 132 valence electrons. The van der Waals surface area contributed by atoms with E-state index in [1.54, 1.807) is 11.0 Å². The van der Waals surface area contributed by atoms with E-state index >= 15 is 0 Å². The lowest BCUT2D eigenvalue weighted by molar-refractivity contribution is -0.139. The first-order valence-electron chi connectivity index (χ1n) is 8.20. The molecule has 2 aliphatic rings. The number of aliphatic hydroxyl groups is 1. The maximum Gasteiger partial charge on any atom is 0.358 e. The Morgan fingerprint density at radius 3 is 2.64 bits per heavy atom. The first-order valence-corrected chi connectivity index (χ1v) is 8.20. The van der Waals surface area contributed by atoms with Crippen molar-refractivity contribution in [1.82, 2.24) is 4.90 Å². The number of methoxy groups -OCH3 is 1. The summed E-state index contributed by atoms with van der Waals surface area (Å²) in [7, 11) is 1.27. The van der Waals surface area contributed by atoms with Gasteiger partial charge in [-0.1, -0.05) is 30.3 Å². The minimum absolute atomic E-state index is 0.0383. The van der Waals surface area contributed by atoms with Gasteiger partial charge in [-0.05, 0) is 31.4 Å². The molecule has 2 atom stereocenters. The van der Waals surface area contributed by atoms with Crippen LogP contribution in [0.25, 0.3) is 0 Å². The van der Waals surface area contributed by atoms with Crippen molar-refractivity contribution < 1.29 is 24.2 Å². The highest BCUT2D eigenvalue weighted by Gasteiger charge is 2.42. The number of nitrogens with zero attached hydrogens (tertiary/aromatic N) is 1. The molecule has 0 bridgehead atoms. The highest BCUT2D eigenvalue weighted by molar-refractivity contribution is 5.92. The van der Waals surface area contributed by atoms with Gasteiger partial charge in [0.05, 0.1) is 13.2 Å². The third kappa shape index (κ3) is 3.30. The number of hydrogen-bond donors (Lipinski definition) is 1. The molecule has 0 saturated carbocycles. The topological polar surface area (TPSA) is 76.1 Å². The molecule has 0 aromatic heterocycles. The van der Waals surface area contributed by atoms with Gasteiger partial charge in [-0.2, -0.15) is 0 Å². The minimum Gasteiger partial charge on any atom is -0.488 e. The highest BCUT2D eigenvalue weighted by atomic mass is 16.5. The third-order valence-electron chi connectivity index (χ3n) is 4.47. The Morgan fingerprint density at radius 1 is 1.28 bits per heavy atom. The molecule has 3 rings (SSSR count). The molecule has 0 spiro atoms. The summed E-state index contributed by atoms with van der Waals surface area (Å²) in [6, 6.07) is 9.01. The standard InChI is InChI=1S/C19H21NO5/c1-12(21)15-9-8-14-10-16(22)18(17(20(14)15)19(23)24-2)25-11-13-6-4-3-5-7-13/h3-7,10,15-16,22H,8-9,11H2,1-2H3. The summed E-state index contributed by atoms with van der Waals surface area (Å²) in [5, 5.41) is 10.5. The average molecular weight is 343 g/mol. The van der Waals surface area contributed by atoms with Crippen LogP contribution < -0.4 is 0 Å². The van der Waals surface area contributed by atoms with Gasteiger partial charge in [0.15, 0.2) is 17.2 Å². The van der Waals surface area contributed by atoms with Crippen molar-refractivity contribution in [3.63, 3.8) is 0 Å². The van der Waals surface area contributed by atoms with Crippen LogP contribution in [0.5, 0.6) is 0 Å². The number of allylic oxidation sites excluding steroid dienone is 1. The van der Waals surface area contributed by atoms with E-state index in [2.05, 4.69) is 0 Å². The maximum absolute atomic E-state index is 12.4. The molecule has 6 heteroatoms. The van der Waals surface area contributed by atoms with Crippen LogP contribution in [-0.4, -0.2) is 41.0 Å². The largest absolute Gasteiger partial charge is 0.488 e. The maximum atomic E-state index is 12.4. The summed E-state index contributed by atoms with van der Waals surface area (Å²) in [6.07, 6.45) is 1.80. The predicted octanol–water partition coefficient (Wildman–Crippen LogP) is 1.90. The van der Waals surface area contributed by atoms with Gasteiger partial charge in [0, 0.05) is 5.70 Å². The molecule has 2 unspecified atom stereocenters. The van der Waals surface area contributed by atoms with E-state index in [9.17, 15) is 14.7 Å². The van der Waals surface area contributed by atoms with Crippen LogP contribution in [0.15, 0.2) is 53.6 Å². The second-order valence-electron chi connectivity index (χ2n) is 6.12. The lowest BCUT2D eigenvalue weighted by Gasteiger charge is -2.33. The smallest absolute Gasteiger partial charge is 0.358 e. The molecule has 0 amide bonds. The third-order valence-corrected chi connectivity index (χ3v) is 4.47. The Hall–Kier alpha value is -2.60. The van der Waals surface area contributed by atoms with E-state index in [4.69, 9.17) is 9.47 Å². The normalized spacial score (nSPS) is 22.4. The number of ketones is 1. The van der Waals surface area contributed by atoms with Gasteiger partial charge in [0.2, 0.25) is 0 Å². The van der Waals surface area contributed by atoms with Crippen molar-refractivity contribution in [1.29, 1.82) is 0 Å². The zero-order valence-corrected chi connectivity index (χ0v) is 14.3. The molecular weight excluding hydrogens is 322 g/mol. The number of benzene rings is 1. The summed E-state index contributed by atoms with van der Waals surface area (Å²) in [5.74, 6) is -0.544. The van der Waals surface area contributed by atoms with Crippen molar-refractivity contribution in [3.05, 3.63) is 59.1 Å². The number of fused-ring (bicyclic) bond motifs is 1. The van der Waals surface area contributed by atoms with Gasteiger partial charge >= 0.3 is 5.97 Å². The fourth-order valence-corrected chi connectivity index (χ4v) is 3.28. The molecule has 25 heavy (non-hydrogen) atoms. The molecule has 2 aliphatic heterocycles. The van der Waals surface area contributed by atoms with Gasteiger partial charge in [-0.15, -0.1) is 0 Å². The van der Waals surface area contributed by atoms with Crippen LogP contribution in [0.1, 0.15) is 25.3 Å². The van der Waals surface area contributed by atoms with Gasteiger partial charge in [-0.3, -0.25) is 4.79 Å². The Labute approximate surface area is 146 Å². The summed E-state index contributed by atoms with van der Waals surface area (Å²) in [6.45, 7) is 1.70. The fraction of sp³-hybridized carbons (Fsp3) is 0.368. The SMILES string of the molecule is COC(=O)C1=C(OCc2ccccc2)C(O)C=C2CCC(C(C)=O)N21. The average Bonchev–Trinajstić information content (AvgIpc) is 3.03. The van der Waals surface area contributed by atoms with Crippen LogP contribution >= 0.6 is 0 Å². The molecule has 0 aliphatic carbocycles. The molecule has 2 heterocycles. The second-order valence-corrected chi connectivity index (χ2v) is 6.12. The molecular formula is C19H21NO5. The molecule has 6 nitrogen and oxygen atoms in total. The lowest BCUT2D eigenvalue weighted by Crippen LogP contribution is -2.41. The van der Waals surface area contributed by atoms with E-state index in [1.165, 1.54) is 14.0 Å². The van der Waals surface area contributed by atoms with Crippen LogP contribution in [0.4, 0.5) is 0 Å². The molecule has 1 aromatic rings. The zero-order chi connectivity index (χ0) is 18.0. The van der Waals surface area contributed by atoms with Crippen molar-refractivity contribution in [2.24, 2.45) is 0 Å². The van der Waals surface area contributed by atoms with Gasteiger partial charge < -0.3 is 19.5 Å². The molecule has 1 aromatic carbocycles. The zero-order valence-electron chi connectivity index (χ0n) is 14.3. The van der Waals surface area contributed by atoms with Crippen LogP contribution in [0.3, 0.4) is 0 Å². The summed E-state index contributed by atoms with van der Waals surface area (Å²) >= 11 is 0. The summed E-state index contributed by atoms with van der Waals surface area (Å²) < 4.78 is 10.7. The van der Waals surface area contributed by atoms with E-state index in [-0.39, 0.29) is 23.8 Å². The minimum atomic E-state index is -1.05. The fourth-order valence-electron chi connectivity index (χ4n) is 3.28. The number of rotatable bonds is 5. The summed E-state index contributed by atoms with van der Waals surface area (Å²) in [4.78, 5) is 26.0. The van der Waals surface area contributed by atoms with Crippen molar-refractivity contribution in [2.75, 3.05) is 7.11 Å². The van der Waals surface area contributed by atoms with Gasteiger partial charge in [-0.25, -0.2) is 4.79 Å². The predicted molar refractivity (Wildman–Crippen MR) is 89.9 cm³/mol. The van der Waals surface area contributed by atoms with Crippen LogP contribution in [-0.2, 0) is 25.7 Å². The Morgan fingerprint density at radius 2 is 2.00 bits per heavy atom. The Kier molecular flexibility index (Phi) is 4.90. The number of ether oxygens (including phenoxy) is 2. The first-order chi connectivity index (χ1) is 12.0. The number of esters is 1. The number of aliphatic hydroxyl groups excluding tert-OH is 1. The van der Waals surface area contributed by atoms with Crippen molar-refractivity contribution >= 4 is 11.8 Å². The van der Waals surface area contributed by atoms with E-state index in [1.807, 2.05) is 30.3 Å². The Bertz CT molecular complexity index is 737. The molecule has 1 saturated heterocycles. The molecule has 0 radical (unpaired) electrons. The first kappa shape index (κ1) is 17.2. The highest BCUT2D eigenvalue weighted by Crippen LogP contribution is 2.38. The second kappa shape index (κ2) is 7.11. The van der Waals surface area contributed by atoms with Crippen LogP contribution in [0.2, 0.25) is 0 Å². The quantitative estimate of drug-likeness (QED) is 0.823. The monoisotopic (exact) mass is 343 g/mol. The van der Waals surface area contributed by atoms with E-state index in [0.29, 0.717) is 12.8 Å². The number of Topliss-reactive ketones (excluding diaryl/α,β-unsaturated/α-hetero) is 1. The van der Waals surface area contributed by atoms with Gasteiger partial charge in [0.1, 0.15) is 12.7 Å². The molecule has 1 fully saturated rings. The summed E-state index contributed by atoms with van der Waals surface area (Å²) in [5.41, 5.74) is 1.77.